The molecule has 0 bridgehead atoms. The first-order chi connectivity index (χ1) is 13.7. The first-order valence-electron chi connectivity index (χ1n) is 9.99. The van der Waals surface area contributed by atoms with Crippen LogP contribution >= 0.6 is 0 Å². The van der Waals surface area contributed by atoms with Gasteiger partial charge in [-0.1, -0.05) is 6.92 Å². The van der Waals surface area contributed by atoms with Gasteiger partial charge in [-0.2, -0.15) is 0 Å². The van der Waals surface area contributed by atoms with Gasteiger partial charge in [0.15, 0.2) is 0 Å². The highest BCUT2D eigenvalue weighted by Crippen LogP contribution is 2.34. The minimum absolute atomic E-state index is 0.151. The van der Waals surface area contributed by atoms with E-state index in [2.05, 4.69) is 34.0 Å². The summed E-state index contributed by atoms with van der Waals surface area (Å²) in [5, 5.41) is 1.07. The predicted octanol–water partition coefficient (Wildman–Crippen LogP) is 3.58. The van der Waals surface area contributed by atoms with Crippen molar-refractivity contribution in [3.8, 4) is 11.1 Å². The topological polar surface area (TPSA) is 71.1 Å². The molecule has 3 aromatic heterocycles. The number of aromatic nitrogens is 3. The zero-order valence-corrected chi connectivity index (χ0v) is 16.0. The van der Waals surface area contributed by atoms with Crippen LogP contribution in [0.15, 0.2) is 36.8 Å². The highest BCUT2D eigenvalue weighted by molar-refractivity contribution is 6.01. The smallest absolute Gasteiger partial charge is 0.233 e. The second kappa shape index (κ2) is 7.02. The number of nitrogens with one attached hydrogen (secondary N) is 1. The summed E-state index contributed by atoms with van der Waals surface area (Å²) in [7, 11) is 0. The minimum atomic E-state index is 0.151. The van der Waals surface area contributed by atoms with Gasteiger partial charge in [-0.05, 0) is 42.9 Å². The maximum absolute atomic E-state index is 12.7. The van der Waals surface area contributed by atoms with Gasteiger partial charge < -0.3 is 14.6 Å². The third-order valence-corrected chi connectivity index (χ3v) is 6.13. The molecule has 1 amide bonds. The van der Waals surface area contributed by atoms with Crippen molar-refractivity contribution in [2.75, 3.05) is 24.7 Å². The molecule has 1 saturated heterocycles. The number of hydrogen-bond acceptors (Lipinski definition) is 4. The van der Waals surface area contributed by atoms with Crippen molar-refractivity contribution in [3.05, 3.63) is 42.5 Å². The number of pyridine rings is 2. The molecule has 6 nitrogen and oxygen atoms in total. The Balaban J connectivity index is 1.43. The maximum Gasteiger partial charge on any atom is 0.233 e. The summed E-state index contributed by atoms with van der Waals surface area (Å²) in [4.78, 5) is 26.8. The number of fused-ring (bicyclic) bond motifs is 2. The third-order valence-electron chi connectivity index (χ3n) is 6.13. The summed E-state index contributed by atoms with van der Waals surface area (Å²) < 4.78 is 5.49. The lowest BCUT2D eigenvalue weighted by molar-refractivity contribution is -0.117. The molecule has 0 radical (unpaired) electrons. The molecule has 2 aliphatic heterocycles. The SMILES string of the molecule is CC(CN1C(=O)Cc2ncc(-c3cnc4[nH]ccc4c3)cc21)C1CCOCC1. The molecular formula is C22H24N4O2. The molecule has 28 heavy (non-hydrogen) atoms. The molecule has 1 atom stereocenters. The minimum Gasteiger partial charge on any atom is -0.381 e. The van der Waals surface area contributed by atoms with E-state index >= 15 is 0 Å². The van der Waals surface area contributed by atoms with Crippen LogP contribution in [0, 0.1) is 11.8 Å². The lowest BCUT2D eigenvalue weighted by Gasteiger charge is -2.31. The molecule has 3 aromatic rings. The Morgan fingerprint density at radius 3 is 2.86 bits per heavy atom. The van der Waals surface area contributed by atoms with Crippen LogP contribution in [-0.2, 0) is 16.0 Å². The molecule has 0 aliphatic carbocycles. The summed E-state index contributed by atoms with van der Waals surface area (Å²) in [6, 6.07) is 6.21. The Labute approximate surface area is 163 Å². The first-order valence-corrected chi connectivity index (χ1v) is 9.99. The Morgan fingerprint density at radius 2 is 2.00 bits per heavy atom. The van der Waals surface area contributed by atoms with Gasteiger partial charge in [0.25, 0.3) is 0 Å². The average Bonchev–Trinajstić information content (AvgIpc) is 3.32. The quantitative estimate of drug-likeness (QED) is 0.756. The highest BCUT2D eigenvalue weighted by atomic mass is 16.5. The second-order valence-electron chi connectivity index (χ2n) is 7.94. The number of amides is 1. The first kappa shape index (κ1) is 17.4. The van der Waals surface area contributed by atoms with Gasteiger partial charge in [-0.25, -0.2) is 4.98 Å². The summed E-state index contributed by atoms with van der Waals surface area (Å²) >= 11 is 0. The number of rotatable bonds is 4. The lowest BCUT2D eigenvalue weighted by atomic mass is 9.87. The van der Waals surface area contributed by atoms with Gasteiger partial charge in [0.1, 0.15) is 5.65 Å². The monoisotopic (exact) mass is 376 g/mol. The predicted molar refractivity (Wildman–Crippen MR) is 108 cm³/mol. The van der Waals surface area contributed by atoms with Crippen molar-refractivity contribution < 1.29 is 9.53 Å². The van der Waals surface area contributed by atoms with Crippen LogP contribution in [0.3, 0.4) is 0 Å². The molecule has 6 heteroatoms. The Morgan fingerprint density at radius 1 is 1.21 bits per heavy atom. The Bertz CT molecular complexity index is 1020. The van der Waals surface area contributed by atoms with E-state index in [4.69, 9.17) is 4.74 Å². The van der Waals surface area contributed by atoms with Crippen molar-refractivity contribution in [1.29, 1.82) is 0 Å². The van der Waals surface area contributed by atoms with E-state index in [1.807, 2.05) is 29.6 Å². The molecule has 5 rings (SSSR count). The van der Waals surface area contributed by atoms with Gasteiger partial charge in [-0.15, -0.1) is 0 Å². The number of nitrogens with zero attached hydrogens (tertiary/aromatic N) is 3. The maximum atomic E-state index is 12.7. The van der Waals surface area contributed by atoms with E-state index in [9.17, 15) is 4.79 Å². The summed E-state index contributed by atoms with van der Waals surface area (Å²) in [5.41, 5.74) is 4.71. The van der Waals surface area contributed by atoms with Crippen molar-refractivity contribution in [2.24, 2.45) is 11.8 Å². The van der Waals surface area contributed by atoms with Gasteiger partial charge in [-0.3, -0.25) is 9.78 Å². The van der Waals surface area contributed by atoms with Crippen LogP contribution in [-0.4, -0.2) is 40.6 Å². The number of carbonyl (C=O) groups excluding carboxylic acids is 1. The van der Waals surface area contributed by atoms with Crippen molar-refractivity contribution >= 4 is 22.6 Å². The number of aromatic amines is 1. The molecule has 1 N–H and O–H groups in total. The van der Waals surface area contributed by atoms with Gasteiger partial charge in [0.2, 0.25) is 5.91 Å². The van der Waals surface area contributed by atoms with E-state index < -0.39 is 0 Å². The molecule has 1 fully saturated rings. The zero-order chi connectivity index (χ0) is 19.1. The van der Waals surface area contributed by atoms with E-state index in [0.717, 1.165) is 66.1 Å². The van der Waals surface area contributed by atoms with Crippen molar-refractivity contribution in [1.82, 2.24) is 15.0 Å². The normalized spacial score (nSPS) is 18.6. The van der Waals surface area contributed by atoms with Crippen LogP contribution in [0.4, 0.5) is 5.69 Å². The number of ether oxygens (including phenoxy) is 1. The fourth-order valence-electron chi connectivity index (χ4n) is 4.40. The van der Waals surface area contributed by atoms with Crippen molar-refractivity contribution in [3.63, 3.8) is 0 Å². The fraction of sp³-hybridized carbons (Fsp3) is 0.409. The highest BCUT2D eigenvalue weighted by Gasteiger charge is 2.32. The molecule has 144 valence electrons. The van der Waals surface area contributed by atoms with Crippen LogP contribution in [0.5, 0.6) is 0 Å². The van der Waals surface area contributed by atoms with Crippen molar-refractivity contribution in [2.45, 2.75) is 26.2 Å². The Kier molecular flexibility index (Phi) is 4.36. The van der Waals surface area contributed by atoms with E-state index in [1.165, 1.54) is 0 Å². The third kappa shape index (κ3) is 3.07. The van der Waals surface area contributed by atoms with Gasteiger partial charge in [0, 0.05) is 54.9 Å². The molecule has 1 unspecified atom stereocenters. The molecule has 0 aromatic carbocycles. The van der Waals surface area contributed by atoms with Gasteiger partial charge in [0.05, 0.1) is 17.8 Å². The van der Waals surface area contributed by atoms with Crippen LogP contribution in [0.25, 0.3) is 22.2 Å². The summed E-state index contributed by atoms with van der Waals surface area (Å²) in [5.74, 6) is 1.21. The summed E-state index contributed by atoms with van der Waals surface area (Å²) in [6.07, 6.45) is 8.15. The van der Waals surface area contributed by atoms with Crippen LogP contribution in [0.2, 0.25) is 0 Å². The number of hydrogen-bond donors (Lipinski definition) is 1. The molecule has 0 spiro atoms. The number of carbonyl (C=O) groups is 1. The average molecular weight is 376 g/mol. The fourth-order valence-corrected chi connectivity index (χ4v) is 4.40. The largest absolute Gasteiger partial charge is 0.381 e. The molecule has 0 saturated carbocycles. The van der Waals surface area contributed by atoms with Crippen LogP contribution in [0.1, 0.15) is 25.5 Å². The standard InChI is InChI=1S/C22H24N4O2/c1-14(15-3-6-28-7-4-15)13-26-20-9-18(11-24-19(20)10-21(26)27)17-8-16-2-5-23-22(16)25-12-17/h2,5,8-9,11-12,14-15H,3-4,6-7,10,13H2,1H3,(H,23,25). The van der Waals surface area contributed by atoms with E-state index in [0.29, 0.717) is 18.3 Å². The molecule has 5 heterocycles. The van der Waals surface area contributed by atoms with Gasteiger partial charge >= 0.3 is 0 Å². The number of H-pyrrole nitrogens is 1. The summed E-state index contributed by atoms with van der Waals surface area (Å²) in [6.45, 7) is 4.67. The number of anilines is 1. The zero-order valence-electron chi connectivity index (χ0n) is 16.0. The molecular weight excluding hydrogens is 352 g/mol. The van der Waals surface area contributed by atoms with Crippen LogP contribution < -0.4 is 4.90 Å². The lowest BCUT2D eigenvalue weighted by Crippen LogP contribution is -2.35. The Hall–Kier alpha value is -2.73. The second-order valence-corrected chi connectivity index (χ2v) is 7.94. The molecule has 2 aliphatic rings. The van der Waals surface area contributed by atoms with E-state index in [-0.39, 0.29) is 5.91 Å². The van der Waals surface area contributed by atoms with E-state index in [1.54, 1.807) is 0 Å².